The Morgan fingerprint density at radius 1 is 1.45 bits per heavy atom. The van der Waals surface area contributed by atoms with Gasteiger partial charge >= 0.3 is 0 Å². The van der Waals surface area contributed by atoms with Crippen molar-refractivity contribution in [1.82, 2.24) is 10.2 Å². The van der Waals surface area contributed by atoms with E-state index in [1.54, 1.807) is 12.1 Å². The number of hydrogen-bond acceptors (Lipinski definition) is 2. The lowest BCUT2D eigenvalue weighted by Crippen LogP contribution is -2.36. The van der Waals surface area contributed by atoms with Crippen LogP contribution < -0.4 is 5.32 Å². The van der Waals surface area contributed by atoms with Gasteiger partial charge in [-0.25, -0.2) is 4.39 Å². The van der Waals surface area contributed by atoms with Gasteiger partial charge in [0.25, 0.3) is 0 Å². The van der Waals surface area contributed by atoms with Crippen LogP contribution in [0.25, 0.3) is 0 Å². The third-order valence-electron chi connectivity index (χ3n) is 4.65. The zero-order valence-electron chi connectivity index (χ0n) is 12.9. The van der Waals surface area contributed by atoms with Gasteiger partial charge in [-0.15, -0.1) is 12.4 Å². The van der Waals surface area contributed by atoms with Gasteiger partial charge in [-0.05, 0) is 49.4 Å². The van der Waals surface area contributed by atoms with Crippen molar-refractivity contribution in [3.63, 3.8) is 0 Å². The zero-order chi connectivity index (χ0) is 14.8. The molecule has 0 radical (unpaired) electrons. The molecule has 2 fully saturated rings. The molecule has 2 aliphatic rings. The fourth-order valence-corrected chi connectivity index (χ4v) is 3.61. The second-order valence-corrected chi connectivity index (χ2v) is 6.46. The number of carbonyl (C=O) groups excluding carboxylic acids is 1. The van der Waals surface area contributed by atoms with Crippen LogP contribution in [0.1, 0.15) is 44.2 Å². The molecule has 0 aromatic heterocycles. The molecule has 0 aliphatic carbocycles. The van der Waals surface area contributed by atoms with E-state index in [2.05, 4.69) is 12.2 Å². The van der Waals surface area contributed by atoms with Gasteiger partial charge in [-0.2, -0.15) is 0 Å². The van der Waals surface area contributed by atoms with Crippen LogP contribution in [0.2, 0.25) is 0 Å². The molecule has 1 amide bonds. The smallest absolute Gasteiger partial charge is 0.224 e. The van der Waals surface area contributed by atoms with E-state index in [0.717, 1.165) is 37.9 Å². The largest absolute Gasteiger partial charge is 0.335 e. The molecule has 0 saturated carbocycles. The van der Waals surface area contributed by atoms with E-state index in [9.17, 15) is 9.18 Å². The van der Waals surface area contributed by atoms with Crippen molar-refractivity contribution in [3.05, 3.63) is 35.6 Å². The summed E-state index contributed by atoms with van der Waals surface area (Å²) in [5, 5.41) is 3.38. The molecule has 0 bridgehead atoms. The Balaban J connectivity index is 0.00000176. The molecule has 3 atom stereocenters. The minimum Gasteiger partial charge on any atom is -0.335 e. The van der Waals surface area contributed by atoms with Crippen LogP contribution in [0.3, 0.4) is 0 Å². The topological polar surface area (TPSA) is 32.3 Å². The van der Waals surface area contributed by atoms with Gasteiger partial charge in [-0.3, -0.25) is 4.79 Å². The summed E-state index contributed by atoms with van der Waals surface area (Å²) < 4.78 is 13.5. The van der Waals surface area contributed by atoms with Crippen LogP contribution in [0.15, 0.2) is 24.3 Å². The van der Waals surface area contributed by atoms with Crippen molar-refractivity contribution < 1.29 is 9.18 Å². The van der Waals surface area contributed by atoms with E-state index >= 15 is 0 Å². The minimum absolute atomic E-state index is 0. The molecule has 2 aliphatic heterocycles. The average molecular weight is 327 g/mol. The normalized spacial score (nSPS) is 27.7. The van der Waals surface area contributed by atoms with Crippen LogP contribution in [0, 0.1) is 11.7 Å². The first-order chi connectivity index (χ1) is 10.1. The number of nitrogens with zero attached hydrogens (tertiary/aromatic N) is 1. The summed E-state index contributed by atoms with van der Waals surface area (Å²) in [4.78, 5) is 14.6. The third kappa shape index (κ3) is 3.79. The van der Waals surface area contributed by atoms with Crippen molar-refractivity contribution in [1.29, 1.82) is 0 Å². The summed E-state index contributed by atoms with van der Waals surface area (Å²) in [5.41, 5.74) is 0.923. The lowest BCUT2D eigenvalue weighted by atomic mass is 10.0. The molecule has 2 heterocycles. The SMILES string of the molecule is CC1CC(c2cccc(F)c2)N(C(=O)CC2CCCN2)C1.Cl. The van der Waals surface area contributed by atoms with Gasteiger partial charge in [0, 0.05) is 19.0 Å². The first kappa shape index (κ1) is 17.2. The summed E-state index contributed by atoms with van der Waals surface area (Å²) >= 11 is 0. The van der Waals surface area contributed by atoms with Crippen LogP contribution >= 0.6 is 12.4 Å². The summed E-state index contributed by atoms with van der Waals surface area (Å²) in [6.07, 6.45) is 3.73. The lowest BCUT2D eigenvalue weighted by Gasteiger charge is -2.26. The molecule has 2 saturated heterocycles. The van der Waals surface area contributed by atoms with Crippen molar-refractivity contribution in [3.8, 4) is 0 Å². The van der Waals surface area contributed by atoms with Crippen LogP contribution in [0.4, 0.5) is 4.39 Å². The highest BCUT2D eigenvalue weighted by atomic mass is 35.5. The molecule has 122 valence electrons. The number of benzene rings is 1. The number of halogens is 2. The Kier molecular flexibility index (Phi) is 5.81. The molecule has 0 spiro atoms. The molecule has 5 heteroatoms. The van der Waals surface area contributed by atoms with Crippen LogP contribution in [-0.4, -0.2) is 29.9 Å². The molecular weight excluding hydrogens is 303 g/mol. The first-order valence-electron chi connectivity index (χ1n) is 7.92. The Labute approximate surface area is 137 Å². The van der Waals surface area contributed by atoms with E-state index in [4.69, 9.17) is 0 Å². The average Bonchev–Trinajstić information content (AvgIpc) is 3.08. The highest BCUT2D eigenvalue weighted by Crippen LogP contribution is 2.36. The van der Waals surface area contributed by atoms with E-state index < -0.39 is 0 Å². The summed E-state index contributed by atoms with van der Waals surface area (Å²) in [6, 6.07) is 7.04. The molecule has 1 N–H and O–H groups in total. The molecular formula is C17H24ClFN2O. The molecule has 3 rings (SSSR count). The number of carbonyl (C=O) groups is 1. The van der Waals surface area contributed by atoms with E-state index in [1.165, 1.54) is 6.07 Å². The van der Waals surface area contributed by atoms with Gasteiger partial charge in [-0.1, -0.05) is 19.1 Å². The first-order valence-corrected chi connectivity index (χ1v) is 7.92. The number of hydrogen-bond donors (Lipinski definition) is 1. The maximum atomic E-state index is 13.5. The number of nitrogens with one attached hydrogen (secondary N) is 1. The maximum Gasteiger partial charge on any atom is 0.224 e. The highest BCUT2D eigenvalue weighted by Gasteiger charge is 2.35. The van der Waals surface area contributed by atoms with Gasteiger partial charge in [0.2, 0.25) is 5.91 Å². The summed E-state index contributed by atoms with van der Waals surface area (Å²) in [6.45, 7) is 3.96. The fraction of sp³-hybridized carbons (Fsp3) is 0.588. The number of amides is 1. The fourth-order valence-electron chi connectivity index (χ4n) is 3.61. The van der Waals surface area contributed by atoms with Crippen molar-refractivity contribution in [2.75, 3.05) is 13.1 Å². The van der Waals surface area contributed by atoms with Gasteiger partial charge in [0.15, 0.2) is 0 Å². The quantitative estimate of drug-likeness (QED) is 0.924. The second kappa shape index (κ2) is 7.42. The zero-order valence-corrected chi connectivity index (χ0v) is 13.7. The lowest BCUT2D eigenvalue weighted by molar-refractivity contribution is -0.132. The van der Waals surface area contributed by atoms with E-state index in [1.807, 2.05) is 11.0 Å². The Bertz CT molecular complexity index is 519. The van der Waals surface area contributed by atoms with Gasteiger partial charge in [0.1, 0.15) is 5.82 Å². The molecule has 3 nitrogen and oxygen atoms in total. The Morgan fingerprint density at radius 3 is 2.95 bits per heavy atom. The van der Waals surface area contributed by atoms with Crippen molar-refractivity contribution in [2.24, 2.45) is 5.92 Å². The molecule has 1 aromatic carbocycles. The standard InChI is InChI=1S/C17H23FN2O.ClH/c1-12-8-16(13-4-2-5-14(18)9-13)20(11-12)17(21)10-15-6-3-7-19-15;/h2,4-5,9,12,15-16,19H,3,6-8,10-11H2,1H3;1H. The second-order valence-electron chi connectivity index (χ2n) is 6.46. The monoisotopic (exact) mass is 326 g/mol. The Morgan fingerprint density at radius 2 is 2.27 bits per heavy atom. The predicted molar refractivity (Wildman–Crippen MR) is 87.5 cm³/mol. The Hall–Kier alpha value is -1.13. The maximum absolute atomic E-state index is 13.5. The number of likely N-dealkylation sites (tertiary alicyclic amines) is 1. The minimum atomic E-state index is -0.225. The third-order valence-corrected chi connectivity index (χ3v) is 4.65. The van der Waals surface area contributed by atoms with E-state index in [0.29, 0.717) is 18.4 Å². The molecule has 3 unspecified atom stereocenters. The van der Waals surface area contributed by atoms with Crippen LogP contribution in [-0.2, 0) is 4.79 Å². The highest BCUT2D eigenvalue weighted by molar-refractivity contribution is 5.85. The molecule has 1 aromatic rings. The number of rotatable bonds is 3. The van der Waals surface area contributed by atoms with Crippen molar-refractivity contribution >= 4 is 18.3 Å². The predicted octanol–water partition coefficient (Wildman–Crippen LogP) is 3.30. The molecule has 22 heavy (non-hydrogen) atoms. The van der Waals surface area contributed by atoms with Gasteiger partial charge < -0.3 is 10.2 Å². The van der Waals surface area contributed by atoms with Gasteiger partial charge in [0.05, 0.1) is 6.04 Å². The van der Waals surface area contributed by atoms with E-state index in [-0.39, 0.29) is 30.2 Å². The summed E-state index contributed by atoms with van der Waals surface area (Å²) in [7, 11) is 0. The van der Waals surface area contributed by atoms with Crippen molar-refractivity contribution in [2.45, 2.75) is 44.7 Å². The summed E-state index contributed by atoms with van der Waals surface area (Å²) in [5.74, 6) is 0.448. The van der Waals surface area contributed by atoms with Crippen LogP contribution in [0.5, 0.6) is 0 Å².